The van der Waals surface area contributed by atoms with Crippen LogP contribution in [0.25, 0.3) is 0 Å². The topological polar surface area (TPSA) is 75.5 Å². The summed E-state index contributed by atoms with van der Waals surface area (Å²) < 4.78 is 0. The van der Waals surface area contributed by atoms with Crippen LogP contribution in [-0.2, 0) is 13.0 Å². The highest BCUT2D eigenvalue weighted by Crippen LogP contribution is 2.36. The maximum atomic E-state index is 5.91. The molecular formula is C14H19N5. The van der Waals surface area contributed by atoms with Crippen molar-refractivity contribution in [3.8, 4) is 0 Å². The normalized spacial score (nSPS) is 19.6. The van der Waals surface area contributed by atoms with Gasteiger partial charge in [-0.2, -0.15) is 0 Å². The summed E-state index contributed by atoms with van der Waals surface area (Å²) >= 11 is 0. The molecule has 0 aromatic heterocycles. The van der Waals surface area contributed by atoms with Gasteiger partial charge in [-0.15, -0.1) is 10.2 Å². The first-order valence-corrected chi connectivity index (χ1v) is 6.98. The Balaban J connectivity index is 1.79. The molecule has 1 aromatic carbocycles. The standard InChI is InChI=1S/C14H19N5/c15-9-12-7-10(8-14-16-18-19-17-14)5-6-13(12)11-3-1-2-4-11/h5-7,11,14H,1-4,8-9,15H2. The molecule has 1 aliphatic heterocycles. The molecule has 1 aliphatic carbocycles. The lowest BCUT2D eigenvalue weighted by Crippen LogP contribution is -2.08. The fourth-order valence-electron chi connectivity index (χ4n) is 3.08. The number of benzene rings is 1. The molecule has 0 unspecified atom stereocenters. The van der Waals surface area contributed by atoms with Gasteiger partial charge in [0.1, 0.15) is 0 Å². The maximum Gasteiger partial charge on any atom is 0.189 e. The lowest BCUT2D eigenvalue weighted by Gasteiger charge is -2.16. The van der Waals surface area contributed by atoms with Gasteiger partial charge < -0.3 is 5.73 Å². The monoisotopic (exact) mass is 257 g/mol. The molecule has 19 heavy (non-hydrogen) atoms. The van der Waals surface area contributed by atoms with Gasteiger partial charge in [0, 0.05) is 13.0 Å². The Morgan fingerprint density at radius 1 is 1.11 bits per heavy atom. The van der Waals surface area contributed by atoms with Crippen LogP contribution < -0.4 is 5.73 Å². The van der Waals surface area contributed by atoms with Crippen LogP contribution >= 0.6 is 0 Å². The van der Waals surface area contributed by atoms with Crippen molar-refractivity contribution < 1.29 is 0 Å². The molecular weight excluding hydrogens is 238 g/mol. The molecule has 2 N–H and O–H groups in total. The number of rotatable bonds is 4. The zero-order chi connectivity index (χ0) is 13.1. The summed E-state index contributed by atoms with van der Waals surface area (Å²) in [5, 5.41) is 15.0. The quantitative estimate of drug-likeness (QED) is 0.880. The number of hydrogen-bond acceptors (Lipinski definition) is 5. The smallest absolute Gasteiger partial charge is 0.189 e. The van der Waals surface area contributed by atoms with Crippen molar-refractivity contribution in [2.45, 2.75) is 50.7 Å². The fraction of sp³-hybridized carbons (Fsp3) is 0.571. The SMILES string of the molecule is NCc1cc(CC2N=NN=N2)ccc1C1CCCC1. The summed E-state index contributed by atoms with van der Waals surface area (Å²) in [5.41, 5.74) is 9.84. The summed E-state index contributed by atoms with van der Waals surface area (Å²) in [6, 6.07) is 6.63. The highest BCUT2D eigenvalue weighted by atomic mass is 15.6. The Morgan fingerprint density at radius 2 is 1.84 bits per heavy atom. The van der Waals surface area contributed by atoms with E-state index in [-0.39, 0.29) is 6.17 Å². The van der Waals surface area contributed by atoms with E-state index in [1.165, 1.54) is 42.4 Å². The van der Waals surface area contributed by atoms with Crippen LogP contribution in [0.3, 0.4) is 0 Å². The van der Waals surface area contributed by atoms with E-state index >= 15 is 0 Å². The van der Waals surface area contributed by atoms with Crippen LogP contribution in [0.4, 0.5) is 0 Å². The molecule has 0 amide bonds. The fourth-order valence-corrected chi connectivity index (χ4v) is 3.08. The molecule has 0 radical (unpaired) electrons. The van der Waals surface area contributed by atoms with Gasteiger partial charge in [-0.3, -0.25) is 0 Å². The number of nitrogens with zero attached hydrogens (tertiary/aromatic N) is 4. The first-order chi connectivity index (χ1) is 9.36. The van der Waals surface area contributed by atoms with Crippen LogP contribution in [0.1, 0.15) is 48.3 Å². The molecule has 3 rings (SSSR count). The minimum Gasteiger partial charge on any atom is -0.326 e. The molecule has 1 heterocycles. The molecule has 1 saturated carbocycles. The Morgan fingerprint density at radius 3 is 2.53 bits per heavy atom. The second kappa shape index (κ2) is 5.57. The van der Waals surface area contributed by atoms with Crippen molar-refractivity contribution in [1.82, 2.24) is 0 Å². The van der Waals surface area contributed by atoms with Crippen molar-refractivity contribution >= 4 is 0 Å². The molecule has 5 nitrogen and oxygen atoms in total. The molecule has 2 aliphatic rings. The summed E-state index contributed by atoms with van der Waals surface area (Å²) in [5.74, 6) is 0.707. The first kappa shape index (κ1) is 12.4. The molecule has 5 heteroatoms. The molecule has 1 fully saturated rings. The molecule has 100 valence electrons. The van der Waals surface area contributed by atoms with E-state index in [9.17, 15) is 0 Å². The van der Waals surface area contributed by atoms with Crippen LogP contribution in [0.15, 0.2) is 38.9 Å². The van der Waals surface area contributed by atoms with Crippen molar-refractivity contribution in [1.29, 1.82) is 0 Å². The summed E-state index contributed by atoms with van der Waals surface area (Å²) in [6.07, 6.45) is 5.90. The third-order valence-electron chi connectivity index (χ3n) is 4.05. The third-order valence-corrected chi connectivity index (χ3v) is 4.05. The van der Waals surface area contributed by atoms with Crippen molar-refractivity contribution in [3.63, 3.8) is 0 Å². The van der Waals surface area contributed by atoms with Crippen LogP contribution in [-0.4, -0.2) is 6.17 Å². The van der Waals surface area contributed by atoms with Gasteiger partial charge in [0.15, 0.2) is 6.17 Å². The van der Waals surface area contributed by atoms with Crippen molar-refractivity contribution in [2.75, 3.05) is 0 Å². The Hall–Kier alpha value is -1.62. The molecule has 0 spiro atoms. The Labute approximate surface area is 113 Å². The summed E-state index contributed by atoms with van der Waals surface area (Å²) in [4.78, 5) is 0. The largest absolute Gasteiger partial charge is 0.326 e. The Bertz CT molecular complexity index is 491. The average Bonchev–Trinajstić information content (AvgIpc) is 3.11. The summed E-state index contributed by atoms with van der Waals surface area (Å²) in [7, 11) is 0. The third kappa shape index (κ3) is 2.71. The minimum atomic E-state index is -0.150. The molecule has 0 saturated heterocycles. The van der Waals surface area contributed by atoms with Gasteiger partial charge in [0.05, 0.1) is 0 Å². The van der Waals surface area contributed by atoms with Crippen molar-refractivity contribution in [3.05, 3.63) is 34.9 Å². The van der Waals surface area contributed by atoms with E-state index in [1.807, 2.05) is 0 Å². The second-order valence-electron chi connectivity index (χ2n) is 5.31. The van der Waals surface area contributed by atoms with Crippen LogP contribution in [0.5, 0.6) is 0 Å². The van der Waals surface area contributed by atoms with Crippen LogP contribution in [0, 0.1) is 0 Å². The van der Waals surface area contributed by atoms with Gasteiger partial charge >= 0.3 is 0 Å². The highest BCUT2D eigenvalue weighted by Gasteiger charge is 2.20. The van der Waals surface area contributed by atoms with E-state index in [0.717, 1.165) is 6.42 Å². The van der Waals surface area contributed by atoms with E-state index in [4.69, 9.17) is 5.73 Å². The van der Waals surface area contributed by atoms with Gasteiger partial charge in [-0.25, -0.2) is 0 Å². The highest BCUT2D eigenvalue weighted by molar-refractivity contribution is 5.35. The zero-order valence-corrected chi connectivity index (χ0v) is 11.0. The number of hydrogen-bond donors (Lipinski definition) is 1. The first-order valence-electron chi connectivity index (χ1n) is 6.98. The Kier molecular flexibility index (Phi) is 3.64. The summed E-state index contributed by atoms with van der Waals surface area (Å²) in [6.45, 7) is 0.605. The van der Waals surface area contributed by atoms with E-state index in [2.05, 4.69) is 38.9 Å². The van der Waals surface area contributed by atoms with Crippen molar-refractivity contribution in [2.24, 2.45) is 26.4 Å². The maximum absolute atomic E-state index is 5.91. The molecule has 0 atom stereocenters. The lowest BCUT2D eigenvalue weighted by molar-refractivity contribution is 0.690. The zero-order valence-electron chi connectivity index (χ0n) is 11.0. The molecule has 1 aromatic rings. The van der Waals surface area contributed by atoms with Gasteiger partial charge in [0.2, 0.25) is 0 Å². The number of nitrogens with two attached hydrogens (primary N) is 1. The predicted molar refractivity (Wildman–Crippen MR) is 72.7 cm³/mol. The van der Waals surface area contributed by atoms with E-state index in [0.29, 0.717) is 12.5 Å². The second-order valence-corrected chi connectivity index (χ2v) is 5.31. The molecule has 0 bridgehead atoms. The predicted octanol–water partition coefficient (Wildman–Crippen LogP) is 3.50. The van der Waals surface area contributed by atoms with E-state index < -0.39 is 0 Å². The average molecular weight is 257 g/mol. The lowest BCUT2D eigenvalue weighted by atomic mass is 9.91. The van der Waals surface area contributed by atoms with Gasteiger partial charge in [0.25, 0.3) is 0 Å². The minimum absolute atomic E-state index is 0.150. The van der Waals surface area contributed by atoms with Gasteiger partial charge in [-0.1, -0.05) is 31.0 Å². The van der Waals surface area contributed by atoms with Gasteiger partial charge in [-0.05, 0) is 45.9 Å². The van der Waals surface area contributed by atoms with Crippen LogP contribution in [0.2, 0.25) is 0 Å². The van der Waals surface area contributed by atoms with E-state index in [1.54, 1.807) is 0 Å².